The van der Waals surface area contributed by atoms with Crippen molar-refractivity contribution >= 4 is 11.8 Å². The van der Waals surface area contributed by atoms with Crippen LogP contribution < -0.4 is 0 Å². The summed E-state index contributed by atoms with van der Waals surface area (Å²) in [5, 5.41) is 13.7. The molecular formula is C16H23N3OS. The molecule has 2 aromatic rings. The van der Waals surface area contributed by atoms with E-state index in [2.05, 4.69) is 47.5 Å². The highest BCUT2D eigenvalue weighted by Gasteiger charge is 2.14. The van der Waals surface area contributed by atoms with E-state index in [0.717, 1.165) is 30.2 Å². The van der Waals surface area contributed by atoms with E-state index < -0.39 is 0 Å². The molecule has 1 heterocycles. The minimum atomic E-state index is 0.0953. The second-order valence-electron chi connectivity index (χ2n) is 5.15. The van der Waals surface area contributed by atoms with Gasteiger partial charge < -0.3 is 5.11 Å². The van der Waals surface area contributed by atoms with Crippen LogP contribution in [0.25, 0.3) is 0 Å². The molecule has 1 N–H and O–H groups in total. The van der Waals surface area contributed by atoms with Crippen LogP contribution in [0.3, 0.4) is 0 Å². The highest BCUT2D eigenvalue weighted by atomic mass is 32.2. The zero-order chi connectivity index (χ0) is 15.1. The van der Waals surface area contributed by atoms with Crippen molar-refractivity contribution in [3.8, 4) is 0 Å². The molecule has 0 aliphatic heterocycles. The number of hydrogen-bond donors (Lipinski definition) is 1. The first-order valence-electron chi connectivity index (χ1n) is 7.32. The predicted molar refractivity (Wildman–Crippen MR) is 87.8 cm³/mol. The lowest BCUT2D eigenvalue weighted by atomic mass is 9.97. The quantitative estimate of drug-likeness (QED) is 0.814. The van der Waals surface area contributed by atoms with Crippen molar-refractivity contribution in [1.29, 1.82) is 0 Å². The van der Waals surface area contributed by atoms with Crippen molar-refractivity contribution < 1.29 is 5.11 Å². The highest BCUT2D eigenvalue weighted by molar-refractivity contribution is 7.98. The average molecular weight is 305 g/mol. The first kappa shape index (κ1) is 16.0. The van der Waals surface area contributed by atoms with Crippen molar-refractivity contribution in [2.45, 2.75) is 32.2 Å². The largest absolute Gasteiger partial charge is 0.394 e. The standard InChI is InChI=1S/C16H23N3OS/c1-13(14-6-4-3-5-7-14)12-16-17-15(8-11-21-2)18-19(16)9-10-20/h3-7,13,20H,8-12H2,1-2H3/t13-/m0/s1. The van der Waals surface area contributed by atoms with Crippen molar-refractivity contribution in [2.75, 3.05) is 18.6 Å². The molecule has 1 aromatic heterocycles. The number of aliphatic hydroxyl groups is 1. The first-order valence-corrected chi connectivity index (χ1v) is 8.71. The van der Waals surface area contributed by atoms with Crippen LogP contribution in [0.4, 0.5) is 0 Å². The van der Waals surface area contributed by atoms with Gasteiger partial charge in [0.1, 0.15) is 5.82 Å². The number of hydrogen-bond acceptors (Lipinski definition) is 4. The summed E-state index contributed by atoms with van der Waals surface area (Å²) in [5.41, 5.74) is 1.31. The van der Waals surface area contributed by atoms with Crippen LogP contribution >= 0.6 is 11.8 Å². The molecule has 0 saturated heterocycles. The maximum absolute atomic E-state index is 9.19. The summed E-state index contributed by atoms with van der Waals surface area (Å²) in [6.07, 6.45) is 3.81. The summed E-state index contributed by atoms with van der Waals surface area (Å²) in [6, 6.07) is 10.4. The maximum Gasteiger partial charge on any atom is 0.151 e. The van der Waals surface area contributed by atoms with Crippen LogP contribution in [0.5, 0.6) is 0 Å². The molecule has 1 aromatic carbocycles. The van der Waals surface area contributed by atoms with E-state index >= 15 is 0 Å². The van der Waals surface area contributed by atoms with Crippen molar-refractivity contribution in [3.05, 3.63) is 47.5 Å². The third-order valence-corrected chi connectivity index (χ3v) is 4.10. The molecule has 0 radical (unpaired) electrons. The van der Waals surface area contributed by atoms with Crippen LogP contribution in [0.1, 0.15) is 30.1 Å². The average Bonchev–Trinajstić information content (AvgIpc) is 2.88. The number of aryl methyl sites for hydroxylation is 1. The molecule has 2 rings (SSSR count). The molecule has 0 aliphatic rings. The van der Waals surface area contributed by atoms with Crippen LogP contribution in [0.15, 0.2) is 30.3 Å². The Balaban J connectivity index is 2.11. The number of rotatable bonds is 8. The van der Waals surface area contributed by atoms with Crippen LogP contribution in [-0.2, 0) is 19.4 Å². The zero-order valence-electron chi connectivity index (χ0n) is 12.7. The number of benzene rings is 1. The van der Waals surface area contributed by atoms with E-state index in [-0.39, 0.29) is 6.61 Å². The molecular weight excluding hydrogens is 282 g/mol. The van der Waals surface area contributed by atoms with Gasteiger partial charge in [-0.05, 0) is 17.7 Å². The van der Waals surface area contributed by atoms with E-state index in [1.165, 1.54) is 5.56 Å². The Morgan fingerprint density at radius 2 is 2.05 bits per heavy atom. The van der Waals surface area contributed by atoms with E-state index in [1.54, 1.807) is 11.8 Å². The SMILES string of the molecule is CSCCc1nc(C[C@H](C)c2ccccc2)n(CCO)n1. The van der Waals surface area contributed by atoms with Gasteiger partial charge in [0, 0.05) is 18.6 Å². The third-order valence-electron chi connectivity index (χ3n) is 3.49. The van der Waals surface area contributed by atoms with Crippen molar-refractivity contribution in [3.63, 3.8) is 0 Å². The van der Waals surface area contributed by atoms with Gasteiger partial charge in [0.05, 0.1) is 13.2 Å². The smallest absolute Gasteiger partial charge is 0.151 e. The molecule has 0 bridgehead atoms. The Kier molecular flexibility index (Phi) is 6.26. The molecule has 0 unspecified atom stereocenters. The van der Waals surface area contributed by atoms with E-state index in [9.17, 15) is 5.11 Å². The van der Waals surface area contributed by atoms with E-state index in [0.29, 0.717) is 12.5 Å². The number of thioether (sulfide) groups is 1. The molecule has 5 heteroatoms. The Morgan fingerprint density at radius 3 is 2.71 bits per heavy atom. The summed E-state index contributed by atoms with van der Waals surface area (Å²) < 4.78 is 1.86. The van der Waals surface area contributed by atoms with Crippen LogP contribution in [-0.4, -0.2) is 38.5 Å². The first-order chi connectivity index (χ1) is 10.2. The fourth-order valence-electron chi connectivity index (χ4n) is 2.32. The second kappa shape index (κ2) is 8.20. The molecule has 0 spiro atoms. The van der Waals surface area contributed by atoms with Gasteiger partial charge in [-0.1, -0.05) is 37.3 Å². The Hall–Kier alpha value is -1.33. The lowest BCUT2D eigenvalue weighted by Crippen LogP contribution is -2.11. The normalized spacial score (nSPS) is 12.5. The summed E-state index contributed by atoms with van der Waals surface area (Å²) in [5.74, 6) is 3.27. The van der Waals surface area contributed by atoms with E-state index in [4.69, 9.17) is 0 Å². The van der Waals surface area contributed by atoms with Gasteiger partial charge in [0.15, 0.2) is 5.82 Å². The molecule has 0 saturated carbocycles. The monoisotopic (exact) mass is 305 g/mol. The Morgan fingerprint density at radius 1 is 1.29 bits per heavy atom. The summed E-state index contributed by atoms with van der Waals surface area (Å²) >= 11 is 1.80. The van der Waals surface area contributed by atoms with Gasteiger partial charge >= 0.3 is 0 Å². The second-order valence-corrected chi connectivity index (χ2v) is 6.14. The minimum absolute atomic E-state index is 0.0953. The van der Waals surface area contributed by atoms with Gasteiger partial charge in [0.25, 0.3) is 0 Å². The molecule has 0 fully saturated rings. The van der Waals surface area contributed by atoms with Crippen LogP contribution in [0, 0.1) is 0 Å². The lowest BCUT2D eigenvalue weighted by molar-refractivity contribution is 0.266. The summed E-state index contributed by atoms with van der Waals surface area (Å²) in [7, 11) is 0. The molecule has 114 valence electrons. The lowest BCUT2D eigenvalue weighted by Gasteiger charge is -2.11. The van der Waals surface area contributed by atoms with Gasteiger partial charge in [0.2, 0.25) is 0 Å². The predicted octanol–water partition coefficient (Wildman–Crippen LogP) is 2.52. The molecule has 0 amide bonds. The number of aliphatic hydroxyl groups excluding tert-OH is 1. The van der Waals surface area contributed by atoms with E-state index in [1.807, 2.05) is 10.7 Å². The molecule has 4 nitrogen and oxygen atoms in total. The minimum Gasteiger partial charge on any atom is -0.394 e. The highest BCUT2D eigenvalue weighted by Crippen LogP contribution is 2.19. The van der Waals surface area contributed by atoms with Gasteiger partial charge in [-0.15, -0.1) is 0 Å². The van der Waals surface area contributed by atoms with Crippen LogP contribution in [0.2, 0.25) is 0 Å². The fraction of sp³-hybridized carbons (Fsp3) is 0.500. The molecule has 0 aliphatic carbocycles. The topological polar surface area (TPSA) is 50.9 Å². The van der Waals surface area contributed by atoms with Gasteiger partial charge in [-0.3, -0.25) is 0 Å². The van der Waals surface area contributed by atoms with Crippen molar-refractivity contribution in [1.82, 2.24) is 14.8 Å². The molecule has 1 atom stereocenters. The van der Waals surface area contributed by atoms with Gasteiger partial charge in [-0.2, -0.15) is 16.9 Å². The Bertz CT molecular complexity index is 542. The number of aromatic nitrogens is 3. The van der Waals surface area contributed by atoms with Gasteiger partial charge in [-0.25, -0.2) is 9.67 Å². The zero-order valence-corrected chi connectivity index (χ0v) is 13.5. The fourth-order valence-corrected chi connectivity index (χ4v) is 2.71. The summed E-state index contributed by atoms with van der Waals surface area (Å²) in [4.78, 5) is 4.66. The Labute approximate surface area is 130 Å². The van der Waals surface area contributed by atoms with Crippen molar-refractivity contribution in [2.24, 2.45) is 0 Å². The molecule has 21 heavy (non-hydrogen) atoms. The summed E-state index contributed by atoms with van der Waals surface area (Å²) in [6.45, 7) is 2.82. The maximum atomic E-state index is 9.19. The third kappa shape index (κ3) is 4.58. The number of nitrogens with zero attached hydrogens (tertiary/aromatic N) is 3.